The van der Waals surface area contributed by atoms with Crippen LogP contribution in [0.2, 0.25) is 0 Å². The summed E-state index contributed by atoms with van der Waals surface area (Å²) in [6.45, 7) is 2.89. The van der Waals surface area contributed by atoms with Gasteiger partial charge < -0.3 is 14.9 Å². The van der Waals surface area contributed by atoms with Crippen LogP contribution < -0.4 is 15.8 Å². The van der Waals surface area contributed by atoms with Crippen LogP contribution in [0.25, 0.3) is 11.7 Å². The van der Waals surface area contributed by atoms with Gasteiger partial charge in [0.25, 0.3) is 11.5 Å². The normalized spacial score (nSPS) is 17.1. The van der Waals surface area contributed by atoms with Gasteiger partial charge >= 0.3 is 5.97 Å². The molecular weight excluding hydrogens is 468 g/mol. The Balaban J connectivity index is 1.47. The molecule has 0 unspecified atom stereocenters. The average molecular weight is 495 g/mol. The van der Waals surface area contributed by atoms with E-state index in [4.69, 9.17) is 10.1 Å². The first-order valence-electron chi connectivity index (χ1n) is 11.6. The third-order valence-electron chi connectivity index (χ3n) is 6.57. The van der Waals surface area contributed by atoms with E-state index in [2.05, 4.69) is 15.2 Å². The number of carbonyl (C=O) groups is 2. The first-order chi connectivity index (χ1) is 16.9. The number of thiazole rings is 1. The fraction of sp³-hybridized carbons (Fsp3) is 0.375. The Morgan fingerprint density at radius 2 is 1.97 bits per heavy atom. The molecule has 1 saturated heterocycles. The molecule has 1 saturated carbocycles. The van der Waals surface area contributed by atoms with E-state index in [9.17, 15) is 14.4 Å². The van der Waals surface area contributed by atoms with Gasteiger partial charge in [-0.15, -0.1) is 11.3 Å². The molecule has 11 heteroatoms. The van der Waals surface area contributed by atoms with Gasteiger partial charge in [0.1, 0.15) is 11.5 Å². The number of hydrogen-bond donors (Lipinski definition) is 2. The number of carbonyl (C=O) groups excluding carboxylic acids is 1. The maximum atomic E-state index is 13.3. The second-order valence-corrected chi connectivity index (χ2v) is 9.78. The van der Waals surface area contributed by atoms with Crippen molar-refractivity contribution >= 4 is 45.9 Å². The highest BCUT2D eigenvalue weighted by Gasteiger charge is 2.23. The van der Waals surface area contributed by atoms with Crippen molar-refractivity contribution < 1.29 is 14.7 Å². The van der Waals surface area contributed by atoms with Crippen LogP contribution in [0, 0.1) is 0 Å². The van der Waals surface area contributed by atoms with Crippen LogP contribution in [0.15, 0.2) is 34.6 Å². The highest BCUT2D eigenvalue weighted by atomic mass is 32.1. The minimum atomic E-state index is -1.14. The van der Waals surface area contributed by atoms with Crippen LogP contribution in [0.3, 0.4) is 0 Å². The Morgan fingerprint density at radius 3 is 2.66 bits per heavy atom. The van der Waals surface area contributed by atoms with Crippen molar-refractivity contribution in [2.24, 2.45) is 0 Å². The number of hydrogen-bond acceptors (Lipinski definition) is 8. The Hall–Kier alpha value is -3.57. The molecular formula is C24H26N6O4S. The predicted octanol–water partition coefficient (Wildman–Crippen LogP) is 2.52. The van der Waals surface area contributed by atoms with Crippen LogP contribution in [0.4, 0.5) is 10.9 Å². The third-order valence-corrected chi connectivity index (χ3v) is 7.34. The highest BCUT2D eigenvalue weighted by molar-refractivity contribution is 7.14. The molecule has 0 bridgehead atoms. The summed E-state index contributed by atoms with van der Waals surface area (Å²) in [7, 11) is 2.02. The summed E-state index contributed by atoms with van der Waals surface area (Å²) in [6.07, 6.45) is 7.23. The number of nitrogens with zero attached hydrogens (tertiary/aromatic N) is 5. The van der Waals surface area contributed by atoms with Gasteiger partial charge in [0.2, 0.25) is 0 Å². The second-order valence-electron chi connectivity index (χ2n) is 8.92. The zero-order valence-electron chi connectivity index (χ0n) is 19.3. The Kier molecular flexibility index (Phi) is 6.35. The van der Waals surface area contributed by atoms with Crippen molar-refractivity contribution in [3.63, 3.8) is 0 Å². The topological polar surface area (TPSA) is 120 Å². The molecule has 182 valence electrons. The number of aromatic nitrogens is 3. The van der Waals surface area contributed by atoms with Gasteiger partial charge in [0.15, 0.2) is 5.13 Å². The largest absolute Gasteiger partial charge is 0.478 e. The Bertz CT molecular complexity index is 1370. The minimum absolute atomic E-state index is 0.206. The lowest BCUT2D eigenvalue weighted by molar-refractivity contribution is -0.131. The number of piperazine rings is 1. The van der Waals surface area contributed by atoms with E-state index in [-0.39, 0.29) is 11.5 Å². The summed E-state index contributed by atoms with van der Waals surface area (Å²) in [5.74, 6) is -0.560. The molecule has 1 amide bonds. The lowest BCUT2D eigenvalue weighted by Crippen LogP contribution is -2.45. The minimum Gasteiger partial charge on any atom is -0.478 e. The molecule has 4 heterocycles. The quantitative estimate of drug-likeness (QED) is 0.502. The highest BCUT2D eigenvalue weighted by Crippen LogP contribution is 2.37. The number of fused-ring (bicyclic) bond motifs is 1. The second kappa shape index (κ2) is 9.59. The summed E-state index contributed by atoms with van der Waals surface area (Å²) in [5.41, 5.74) is 1.52. The van der Waals surface area contributed by atoms with E-state index >= 15 is 0 Å². The molecule has 2 fully saturated rings. The van der Waals surface area contributed by atoms with E-state index in [1.807, 2.05) is 17.3 Å². The molecule has 0 aromatic carbocycles. The fourth-order valence-electron chi connectivity index (χ4n) is 4.25. The van der Waals surface area contributed by atoms with Crippen LogP contribution >= 0.6 is 11.3 Å². The van der Waals surface area contributed by atoms with Crippen LogP contribution in [0.1, 0.15) is 46.8 Å². The molecule has 0 atom stereocenters. The van der Waals surface area contributed by atoms with Crippen molar-refractivity contribution in [2.45, 2.75) is 25.2 Å². The SMILES string of the molecule is CN1CCN(c2nc3cc(C(=O)Nc4nc(C5CCC5)cs4)ccn3c(=O)c2/C=C/C(=O)O)CC1. The number of pyridine rings is 1. The van der Waals surface area contributed by atoms with Crippen molar-refractivity contribution in [1.82, 2.24) is 19.3 Å². The van der Waals surface area contributed by atoms with E-state index in [1.165, 1.54) is 34.4 Å². The van der Waals surface area contributed by atoms with E-state index in [0.717, 1.165) is 37.7 Å². The third kappa shape index (κ3) is 4.82. The number of amides is 1. The Morgan fingerprint density at radius 1 is 1.20 bits per heavy atom. The number of rotatable bonds is 6. The van der Waals surface area contributed by atoms with Gasteiger partial charge in [0.05, 0.1) is 11.3 Å². The summed E-state index contributed by atoms with van der Waals surface area (Å²) < 4.78 is 1.33. The van der Waals surface area contributed by atoms with E-state index in [0.29, 0.717) is 41.2 Å². The van der Waals surface area contributed by atoms with Crippen molar-refractivity contribution in [3.8, 4) is 0 Å². The summed E-state index contributed by atoms with van der Waals surface area (Å²) >= 11 is 1.41. The predicted molar refractivity (Wildman–Crippen MR) is 135 cm³/mol. The number of aliphatic carboxylic acids is 1. The van der Waals surface area contributed by atoms with Gasteiger partial charge in [-0.2, -0.15) is 0 Å². The summed E-state index contributed by atoms with van der Waals surface area (Å²) in [5, 5.41) is 14.5. The molecule has 5 rings (SSSR count). The standard InChI is InChI=1S/C24H26N6O4S/c1-28-9-11-29(12-10-28)21-17(5-6-20(31)32)23(34)30-8-7-16(13-19(30)26-21)22(33)27-24-25-18(14-35-24)15-3-2-4-15/h5-8,13-15H,2-4,9-12H2,1H3,(H,31,32)(H,25,27,33)/b6-5+. The van der Waals surface area contributed by atoms with Crippen molar-refractivity contribution in [2.75, 3.05) is 43.4 Å². The van der Waals surface area contributed by atoms with Gasteiger partial charge in [-0.25, -0.2) is 14.8 Å². The zero-order valence-corrected chi connectivity index (χ0v) is 20.1. The maximum Gasteiger partial charge on any atom is 0.328 e. The molecule has 3 aromatic heterocycles. The molecule has 1 aliphatic carbocycles. The maximum absolute atomic E-state index is 13.3. The molecule has 2 N–H and O–H groups in total. The summed E-state index contributed by atoms with van der Waals surface area (Å²) in [4.78, 5) is 50.7. The van der Waals surface area contributed by atoms with Gasteiger partial charge in [0, 0.05) is 55.3 Å². The number of nitrogens with one attached hydrogen (secondary N) is 1. The van der Waals surface area contributed by atoms with Crippen molar-refractivity contribution in [3.05, 3.63) is 57.0 Å². The van der Waals surface area contributed by atoms with Crippen LogP contribution in [-0.2, 0) is 4.79 Å². The lowest BCUT2D eigenvalue weighted by atomic mass is 9.83. The number of likely N-dealkylation sites (N-methyl/N-ethyl adjacent to an activating group) is 1. The zero-order chi connectivity index (χ0) is 24.5. The smallest absolute Gasteiger partial charge is 0.328 e. The molecule has 10 nitrogen and oxygen atoms in total. The molecule has 0 radical (unpaired) electrons. The number of carboxylic acids is 1. The average Bonchev–Trinajstić information content (AvgIpc) is 3.24. The lowest BCUT2D eigenvalue weighted by Gasteiger charge is -2.33. The molecule has 3 aromatic rings. The molecule has 1 aliphatic heterocycles. The van der Waals surface area contributed by atoms with Gasteiger partial charge in [-0.3, -0.25) is 19.3 Å². The summed E-state index contributed by atoms with van der Waals surface area (Å²) in [6, 6.07) is 3.12. The first-order valence-corrected chi connectivity index (χ1v) is 12.4. The molecule has 0 spiro atoms. The van der Waals surface area contributed by atoms with Crippen molar-refractivity contribution in [1.29, 1.82) is 0 Å². The van der Waals surface area contributed by atoms with E-state index < -0.39 is 11.5 Å². The number of carboxylic acid groups (broad SMARTS) is 1. The van der Waals surface area contributed by atoms with Gasteiger partial charge in [-0.1, -0.05) is 6.42 Å². The number of anilines is 2. The van der Waals surface area contributed by atoms with E-state index in [1.54, 1.807) is 12.1 Å². The first kappa shape index (κ1) is 23.2. The van der Waals surface area contributed by atoms with Crippen LogP contribution in [0.5, 0.6) is 0 Å². The van der Waals surface area contributed by atoms with Crippen LogP contribution in [-0.4, -0.2) is 69.5 Å². The Labute approximate surface area is 205 Å². The molecule has 2 aliphatic rings. The molecule has 35 heavy (non-hydrogen) atoms. The fourth-order valence-corrected chi connectivity index (χ4v) is 5.03. The monoisotopic (exact) mass is 494 g/mol. The van der Waals surface area contributed by atoms with Gasteiger partial charge in [-0.05, 0) is 38.1 Å².